The van der Waals surface area contributed by atoms with Crippen LogP contribution >= 0.6 is 0 Å². The molecule has 0 spiro atoms. The van der Waals surface area contributed by atoms with Crippen LogP contribution in [0.2, 0.25) is 0 Å². The van der Waals surface area contributed by atoms with Gasteiger partial charge in [-0.3, -0.25) is 4.79 Å². The molecule has 4 rings (SSSR count). The number of hydrogen-bond donors (Lipinski definition) is 2. The number of hydrogen-bond acceptors (Lipinski definition) is 6. The van der Waals surface area contributed by atoms with Crippen molar-refractivity contribution < 1.29 is 19.1 Å². The van der Waals surface area contributed by atoms with Crippen molar-refractivity contribution >= 4 is 17.7 Å². The molecule has 0 radical (unpaired) electrons. The lowest BCUT2D eigenvalue weighted by atomic mass is 10.0. The summed E-state index contributed by atoms with van der Waals surface area (Å²) in [7, 11) is 0. The van der Waals surface area contributed by atoms with Crippen molar-refractivity contribution in [2.24, 2.45) is 0 Å². The van der Waals surface area contributed by atoms with Gasteiger partial charge in [0, 0.05) is 24.8 Å². The minimum Gasteiger partial charge on any atom is -0.492 e. The molecule has 1 atom stereocenters. The van der Waals surface area contributed by atoms with Crippen LogP contribution in [0.3, 0.4) is 0 Å². The number of rotatable bonds is 8. The first-order valence-corrected chi connectivity index (χ1v) is 12.9. The number of nitrogen functional groups attached to an aromatic ring is 1. The van der Waals surface area contributed by atoms with E-state index < -0.39 is 5.60 Å². The summed E-state index contributed by atoms with van der Waals surface area (Å²) in [6.07, 6.45) is 7.07. The zero-order chi connectivity index (χ0) is 25.7. The molecule has 36 heavy (non-hydrogen) atoms. The Morgan fingerprint density at radius 1 is 1.17 bits per heavy atom. The number of nitrogens with one attached hydrogen (secondary N) is 1. The highest BCUT2D eigenvalue weighted by atomic mass is 16.6. The van der Waals surface area contributed by atoms with Crippen molar-refractivity contribution in [2.75, 3.05) is 25.4 Å². The van der Waals surface area contributed by atoms with Gasteiger partial charge in [-0.1, -0.05) is 12.1 Å². The number of amides is 2. The summed E-state index contributed by atoms with van der Waals surface area (Å²) in [5.41, 5.74) is 9.37. The predicted molar refractivity (Wildman–Crippen MR) is 139 cm³/mol. The average Bonchev–Trinajstić information content (AvgIpc) is 3.68. The lowest BCUT2D eigenvalue weighted by molar-refractivity contribution is 0.0185. The molecule has 1 aromatic heterocycles. The molecule has 8 nitrogen and oxygen atoms in total. The van der Waals surface area contributed by atoms with Crippen molar-refractivity contribution in [2.45, 2.75) is 76.9 Å². The molecule has 1 saturated carbocycles. The summed E-state index contributed by atoms with van der Waals surface area (Å²) in [4.78, 5) is 31.0. The number of likely N-dealkylation sites (tertiary alicyclic amines) is 1. The van der Waals surface area contributed by atoms with E-state index in [0.717, 1.165) is 36.9 Å². The molecule has 8 heteroatoms. The van der Waals surface area contributed by atoms with Gasteiger partial charge >= 0.3 is 6.09 Å². The summed E-state index contributed by atoms with van der Waals surface area (Å²) in [5.74, 6) is 1.07. The predicted octanol–water partition coefficient (Wildman–Crippen LogP) is 4.68. The van der Waals surface area contributed by atoms with Gasteiger partial charge in [0.1, 0.15) is 17.0 Å². The maximum atomic E-state index is 12.7. The third-order valence-electron chi connectivity index (χ3n) is 6.46. The van der Waals surface area contributed by atoms with Crippen LogP contribution in [0.15, 0.2) is 36.5 Å². The molecule has 0 bridgehead atoms. The van der Waals surface area contributed by atoms with Crippen LogP contribution in [0.25, 0.3) is 0 Å². The lowest BCUT2D eigenvalue weighted by Gasteiger charge is -2.34. The molecule has 2 heterocycles. The smallest absolute Gasteiger partial charge is 0.410 e. The molecule has 2 amide bonds. The van der Waals surface area contributed by atoms with Crippen molar-refractivity contribution in [1.29, 1.82) is 0 Å². The fourth-order valence-corrected chi connectivity index (χ4v) is 4.41. The number of nitrogens with two attached hydrogens (primary N) is 1. The molecule has 1 aromatic carbocycles. The molecule has 194 valence electrons. The van der Waals surface area contributed by atoms with Crippen LogP contribution in [0.1, 0.15) is 80.4 Å². The number of piperidine rings is 1. The molecule has 0 unspecified atom stereocenters. The third kappa shape index (κ3) is 7.35. The van der Waals surface area contributed by atoms with Crippen molar-refractivity contribution in [3.8, 4) is 5.75 Å². The van der Waals surface area contributed by atoms with Gasteiger partial charge in [-0.25, -0.2) is 9.78 Å². The van der Waals surface area contributed by atoms with Crippen LogP contribution in [0.5, 0.6) is 5.75 Å². The number of pyridine rings is 1. The van der Waals surface area contributed by atoms with E-state index in [1.54, 1.807) is 23.2 Å². The van der Waals surface area contributed by atoms with E-state index >= 15 is 0 Å². The number of nitrogens with zero attached hydrogens (tertiary/aromatic N) is 2. The average molecular weight is 495 g/mol. The first-order chi connectivity index (χ1) is 17.2. The molecular weight excluding hydrogens is 456 g/mol. The highest BCUT2D eigenvalue weighted by Gasteiger charge is 2.28. The Balaban J connectivity index is 1.20. The Morgan fingerprint density at radius 2 is 1.97 bits per heavy atom. The minimum atomic E-state index is -0.546. The summed E-state index contributed by atoms with van der Waals surface area (Å²) in [6, 6.07) is 9.73. The fourth-order valence-electron chi connectivity index (χ4n) is 4.41. The normalized spacial score (nSPS) is 18.0. The Morgan fingerprint density at radius 3 is 2.64 bits per heavy atom. The number of aromatic nitrogens is 1. The molecule has 1 aliphatic carbocycles. The van der Waals surface area contributed by atoms with Crippen LogP contribution in [-0.2, 0) is 11.2 Å². The Labute approximate surface area is 213 Å². The van der Waals surface area contributed by atoms with Gasteiger partial charge < -0.3 is 25.4 Å². The van der Waals surface area contributed by atoms with Crippen molar-refractivity contribution in [3.05, 3.63) is 53.3 Å². The number of anilines is 1. The lowest BCUT2D eigenvalue weighted by Crippen LogP contribution is -2.50. The van der Waals surface area contributed by atoms with Gasteiger partial charge in [-0.15, -0.1) is 0 Å². The maximum Gasteiger partial charge on any atom is 0.410 e. The van der Waals surface area contributed by atoms with Crippen LogP contribution in [0, 0.1) is 0 Å². The van der Waals surface area contributed by atoms with E-state index in [2.05, 4.69) is 28.5 Å². The van der Waals surface area contributed by atoms with E-state index in [0.29, 0.717) is 37.1 Å². The number of carbonyl (C=O) groups excluding carboxylic acids is 2. The zero-order valence-electron chi connectivity index (χ0n) is 21.6. The van der Waals surface area contributed by atoms with Gasteiger partial charge in [0.2, 0.25) is 0 Å². The van der Waals surface area contributed by atoms with Crippen LogP contribution < -0.4 is 15.8 Å². The topological polar surface area (TPSA) is 107 Å². The van der Waals surface area contributed by atoms with Gasteiger partial charge in [-0.2, -0.15) is 0 Å². The largest absolute Gasteiger partial charge is 0.492 e. The monoisotopic (exact) mass is 494 g/mol. The third-order valence-corrected chi connectivity index (χ3v) is 6.46. The molecule has 2 fully saturated rings. The molecule has 2 aliphatic rings. The second kappa shape index (κ2) is 11.2. The molecule has 2 aromatic rings. The highest BCUT2D eigenvalue weighted by molar-refractivity contribution is 5.92. The highest BCUT2D eigenvalue weighted by Crippen LogP contribution is 2.41. The maximum absolute atomic E-state index is 12.7. The standard InChI is InChI=1S/C28H38N4O4/c1-28(2,3)36-27(34)32-14-4-7-22(18-32)31-26(33)25-13-12-23(17-30-25)35-15-5-6-20-10-11-21(16-24(20)29)19-8-9-19/h10-13,16-17,19,22H,4-9,14-15,18,29H2,1-3H3,(H,31,33)/t22-/m0/s1. The first-order valence-electron chi connectivity index (χ1n) is 12.9. The summed E-state index contributed by atoms with van der Waals surface area (Å²) in [5, 5.41) is 2.99. The quantitative estimate of drug-likeness (QED) is 0.408. The number of carbonyl (C=O) groups is 2. The van der Waals surface area contributed by atoms with Crippen LogP contribution in [-0.4, -0.2) is 53.2 Å². The second-order valence-corrected chi connectivity index (χ2v) is 10.8. The van der Waals surface area contributed by atoms with Gasteiger partial charge in [0.15, 0.2) is 0 Å². The van der Waals surface area contributed by atoms with Crippen molar-refractivity contribution in [1.82, 2.24) is 15.2 Å². The van der Waals surface area contributed by atoms with E-state index in [9.17, 15) is 9.59 Å². The van der Waals surface area contributed by atoms with Gasteiger partial charge in [0.25, 0.3) is 5.91 Å². The first kappa shape index (κ1) is 25.8. The molecule has 3 N–H and O–H groups in total. The second-order valence-electron chi connectivity index (χ2n) is 10.8. The minimum absolute atomic E-state index is 0.137. The molecule has 1 aliphatic heterocycles. The number of benzene rings is 1. The van der Waals surface area contributed by atoms with E-state index in [4.69, 9.17) is 15.2 Å². The van der Waals surface area contributed by atoms with E-state index in [-0.39, 0.29) is 18.0 Å². The number of aryl methyl sites for hydroxylation is 1. The van der Waals surface area contributed by atoms with Gasteiger partial charge in [0.05, 0.1) is 12.8 Å². The number of ether oxygens (including phenoxy) is 2. The van der Waals surface area contributed by atoms with Crippen LogP contribution in [0.4, 0.5) is 10.5 Å². The molecule has 1 saturated heterocycles. The Hall–Kier alpha value is -3.29. The van der Waals surface area contributed by atoms with E-state index in [1.165, 1.54) is 18.4 Å². The Bertz CT molecular complexity index is 1060. The summed E-state index contributed by atoms with van der Waals surface area (Å²) < 4.78 is 11.3. The SMILES string of the molecule is CC(C)(C)OC(=O)N1CCC[C@H](NC(=O)c2ccc(OCCCc3ccc(C4CC4)cc3N)cn2)C1. The van der Waals surface area contributed by atoms with Gasteiger partial charge in [-0.05, 0) is 94.5 Å². The zero-order valence-corrected chi connectivity index (χ0v) is 21.6. The summed E-state index contributed by atoms with van der Waals surface area (Å²) in [6.45, 7) is 7.13. The van der Waals surface area contributed by atoms with E-state index in [1.807, 2.05) is 20.8 Å². The summed E-state index contributed by atoms with van der Waals surface area (Å²) >= 11 is 0. The Kier molecular flexibility index (Phi) is 8.01. The molecular formula is C28H38N4O4. The van der Waals surface area contributed by atoms with Crippen molar-refractivity contribution in [3.63, 3.8) is 0 Å². The fraction of sp³-hybridized carbons (Fsp3) is 0.536.